The van der Waals surface area contributed by atoms with Crippen molar-refractivity contribution in [1.82, 2.24) is 5.32 Å². The molecular formula is C21H24N2O3. The predicted octanol–water partition coefficient (Wildman–Crippen LogP) is 3.70. The molecule has 1 N–H and O–H groups in total. The van der Waals surface area contributed by atoms with E-state index in [0.29, 0.717) is 12.0 Å². The van der Waals surface area contributed by atoms with Gasteiger partial charge in [0.25, 0.3) is 5.91 Å². The van der Waals surface area contributed by atoms with E-state index < -0.39 is 0 Å². The summed E-state index contributed by atoms with van der Waals surface area (Å²) >= 11 is 0. The Hall–Kier alpha value is -2.82. The summed E-state index contributed by atoms with van der Waals surface area (Å²) in [6.45, 7) is 2.79. The van der Waals surface area contributed by atoms with Crippen LogP contribution in [0.15, 0.2) is 48.5 Å². The largest absolute Gasteiger partial charge is 0.497 e. The van der Waals surface area contributed by atoms with Gasteiger partial charge in [-0.2, -0.15) is 0 Å². The average molecular weight is 352 g/mol. The van der Waals surface area contributed by atoms with E-state index in [1.165, 1.54) is 0 Å². The molecule has 2 aromatic carbocycles. The molecule has 5 nitrogen and oxygen atoms in total. The zero-order valence-corrected chi connectivity index (χ0v) is 15.2. The van der Waals surface area contributed by atoms with Crippen LogP contribution >= 0.6 is 0 Å². The number of anilines is 1. The van der Waals surface area contributed by atoms with Crippen LogP contribution in [0.3, 0.4) is 0 Å². The number of hydrogen-bond donors (Lipinski definition) is 1. The number of rotatable bonds is 6. The third kappa shape index (κ3) is 3.87. The maximum atomic E-state index is 12.6. The number of carbonyl (C=O) groups is 2. The van der Waals surface area contributed by atoms with Crippen molar-refractivity contribution in [3.63, 3.8) is 0 Å². The third-order valence-corrected chi connectivity index (χ3v) is 4.75. The van der Waals surface area contributed by atoms with Crippen LogP contribution in [0.2, 0.25) is 0 Å². The van der Waals surface area contributed by atoms with E-state index in [1.54, 1.807) is 24.1 Å². The number of amides is 2. The minimum Gasteiger partial charge on any atom is -0.497 e. The van der Waals surface area contributed by atoms with E-state index in [9.17, 15) is 9.59 Å². The first-order valence-electron chi connectivity index (χ1n) is 8.97. The summed E-state index contributed by atoms with van der Waals surface area (Å²) in [5.74, 6) is 0.821. The molecule has 0 radical (unpaired) electrons. The standard InChI is InChI=1S/C21H24N2O3/c1-3-19(15-8-12-18(26-2)13-9-15)22-21(25)16-6-10-17(11-7-16)23-14-4-5-20(23)24/h6-13,19H,3-5,14H2,1-2H3,(H,22,25)/t19-/m1/s1. The molecule has 0 aliphatic carbocycles. The topological polar surface area (TPSA) is 58.6 Å². The smallest absolute Gasteiger partial charge is 0.251 e. The fourth-order valence-electron chi connectivity index (χ4n) is 3.21. The Bertz CT molecular complexity index is 769. The van der Waals surface area contributed by atoms with Crippen LogP contribution < -0.4 is 15.0 Å². The normalized spacial score (nSPS) is 15.0. The lowest BCUT2D eigenvalue weighted by Crippen LogP contribution is -2.28. The van der Waals surface area contributed by atoms with E-state index in [1.807, 2.05) is 43.3 Å². The summed E-state index contributed by atoms with van der Waals surface area (Å²) < 4.78 is 5.18. The Morgan fingerprint density at radius 3 is 2.38 bits per heavy atom. The molecule has 0 unspecified atom stereocenters. The number of carbonyl (C=O) groups excluding carboxylic acids is 2. The van der Waals surface area contributed by atoms with Crippen molar-refractivity contribution in [1.29, 1.82) is 0 Å². The lowest BCUT2D eigenvalue weighted by molar-refractivity contribution is -0.117. The average Bonchev–Trinajstić information content (AvgIpc) is 3.12. The van der Waals surface area contributed by atoms with Crippen LogP contribution in [0.5, 0.6) is 5.75 Å². The van der Waals surface area contributed by atoms with E-state index in [0.717, 1.165) is 36.4 Å². The van der Waals surface area contributed by atoms with Gasteiger partial charge in [-0.25, -0.2) is 0 Å². The second-order valence-electron chi connectivity index (χ2n) is 6.40. The van der Waals surface area contributed by atoms with Gasteiger partial charge in [0.05, 0.1) is 13.2 Å². The van der Waals surface area contributed by atoms with Gasteiger partial charge in [0.15, 0.2) is 0 Å². The molecule has 1 fully saturated rings. The molecule has 1 saturated heterocycles. The van der Waals surface area contributed by atoms with Gasteiger partial charge in [-0.15, -0.1) is 0 Å². The molecule has 2 aromatic rings. The minimum absolute atomic E-state index is 0.0618. The number of nitrogens with zero attached hydrogens (tertiary/aromatic N) is 1. The number of ether oxygens (including phenoxy) is 1. The van der Waals surface area contributed by atoms with E-state index in [2.05, 4.69) is 5.32 Å². The Morgan fingerprint density at radius 1 is 1.15 bits per heavy atom. The zero-order chi connectivity index (χ0) is 18.5. The summed E-state index contributed by atoms with van der Waals surface area (Å²) in [6.07, 6.45) is 2.28. The first-order chi connectivity index (χ1) is 12.6. The van der Waals surface area contributed by atoms with Crippen LogP contribution in [0.4, 0.5) is 5.69 Å². The van der Waals surface area contributed by atoms with Crippen molar-refractivity contribution in [3.8, 4) is 5.75 Å². The van der Waals surface area contributed by atoms with Crippen LogP contribution in [-0.2, 0) is 4.79 Å². The highest BCUT2D eigenvalue weighted by Gasteiger charge is 2.22. The highest BCUT2D eigenvalue weighted by molar-refractivity contribution is 5.97. The van der Waals surface area contributed by atoms with Gasteiger partial charge >= 0.3 is 0 Å². The predicted molar refractivity (Wildman–Crippen MR) is 102 cm³/mol. The summed E-state index contributed by atoms with van der Waals surface area (Å²) in [4.78, 5) is 26.2. The van der Waals surface area contributed by atoms with Gasteiger partial charge < -0.3 is 15.0 Å². The zero-order valence-electron chi connectivity index (χ0n) is 15.2. The van der Waals surface area contributed by atoms with Gasteiger partial charge in [0.2, 0.25) is 5.91 Å². The SMILES string of the molecule is CC[C@@H](NC(=O)c1ccc(N2CCCC2=O)cc1)c1ccc(OC)cc1. The second kappa shape index (κ2) is 8.04. The van der Waals surface area contributed by atoms with Crippen molar-refractivity contribution >= 4 is 17.5 Å². The number of benzene rings is 2. The number of nitrogens with one attached hydrogen (secondary N) is 1. The van der Waals surface area contributed by atoms with Crippen LogP contribution in [0.25, 0.3) is 0 Å². The molecule has 26 heavy (non-hydrogen) atoms. The first kappa shape index (κ1) is 18.0. The van der Waals surface area contributed by atoms with E-state index >= 15 is 0 Å². The van der Waals surface area contributed by atoms with Crippen molar-refractivity contribution < 1.29 is 14.3 Å². The Balaban J connectivity index is 1.68. The molecule has 0 spiro atoms. The van der Waals surface area contributed by atoms with E-state index in [4.69, 9.17) is 4.74 Å². The molecule has 1 heterocycles. The van der Waals surface area contributed by atoms with E-state index in [-0.39, 0.29) is 17.9 Å². The summed E-state index contributed by atoms with van der Waals surface area (Å²) in [5.41, 5.74) is 2.49. The number of methoxy groups -OCH3 is 1. The fraction of sp³-hybridized carbons (Fsp3) is 0.333. The maximum absolute atomic E-state index is 12.6. The molecule has 3 rings (SSSR count). The molecule has 5 heteroatoms. The maximum Gasteiger partial charge on any atom is 0.251 e. The molecule has 1 atom stereocenters. The number of hydrogen-bond acceptors (Lipinski definition) is 3. The molecule has 136 valence electrons. The van der Waals surface area contributed by atoms with Crippen molar-refractivity contribution in [2.24, 2.45) is 0 Å². The quantitative estimate of drug-likeness (QED) is 0.862. The van der Waals surface area contributed by atoms with Crippen LogP contribution in [0.1, 0.15) is 48.1 Å². The Morgan fingerprint density at radius 2 is 1.85 bits per heavy atom. The fourth-order valence-corrected chi connectivity index (χ4v) is 3.21. The highest BCUT2D eigenvalue weighted by atomic mass is 16.5. The third-order valence-electron chi connectivity index (χ3n) is 4.75. The first-order valence-corrected chi connectivity index (χ1v) is 8.97. The van der Waals surface area contributed by atoms with Crippen LogP contribution in [-0.4, -0.2) is 25.5 Å². The summed E-state index contributed by atoms with van der Waals surface area (Å²) in [7, 11) is 1.63. The molecule has 1 aliphatic heterocycles. The molecule has 0 saturated carbocycles. The van der Waals surface area contributed by atoms with Gasteiger partial charge in [-0.3, -0.25) is 9.59 Å². The highest BCUT2D eigenvalue weighted by Crippen LogP contribution is 2.23. The van der Waals surface area contributed by atoms with Crippen molar-refractivity contribution in [2.75, 3.05) is 18.6 Å². The lowest BCUT2D eigenvalue weighted by Gasteiger charge is -2.19. The molecule has 1 aliphatic rings. The molecular weight excluding hydrogens is 328 g/mol. The van der Waals surface area contributed by atoms with Gasteiger partial charge in [-0.05, 0) is 54.8 Å². The molecule has 0 bridgehead atoms. The molecule has 2 amide bonds. The monoisotopic (exact) mass is 352 g/mol. The summed E-state index contributed by atoms with van der Waals surface area (Å²) in [5, 5.41) is 3.07. The minimum atomic E-state index is -0.119. The van der Waals surface area contributed by atoms with Crippen molar-refractivity contribution in [3.05, 3.63) is 59.7 Å². The lowest BCUT2D eigenvalue weighted by atomic mass is 10.0. The van der Waals surface area contributed by atoms with Crippen molar-refractivity contribution in [2.45, 2.75) is 32.2 Å². The Kier molecular flexibility index (Phi) is 5.56. The van der Waals surface area contributed by atoms with Gasteiger partial charge in [0, 0.05) is 24.2 Å². The second-order valence-corrected chi connectivity index (χ2v) is 6.40. The van der Waals surface area contributed by atoms with Gasteiger partial charge in [-0.1, -0.05) is 19.1 Å². The Labute approximate surface area is 154 Å². The summed E-state index contributed by atoms with van der Waals surface area (Å²) in [6, 6.07) is 14.9. The van der Waals surface area contributed by atoms with Gasteiger partial charge in [0.1, 0.15) is 5.75 Å². The van der Waals surface area contributed by atoms with Crippen LogP contribution in [0, 0.1) is 0 Å². The molecule has 0 aromatic heterocycles.